The van der Waals surface area contributed by atoms with Crippen LogP contribution in [0.25, 0.3) is 0 Å². The summed E-state index contributed by atoms with van der Waals surface area (Å²) in [5.41, 5.74) is 0.311. The van der Waals surface area contributed by atoms with Gasteiger partial charge in [0.05, 0.1) is 5.56 Å². The van der Waals surface area contributed by atoms with Crippen LogP contribution < -0.4 is 4.74 Å². The zero-order valence-corrected chi connectivity index (χ0v) is 16.4. The zero-order chi connectivity index (χ0) is 20.1. The van der Waals surface area contributed by atoms with Crippen LogP contribution in [0.1, 0.15) is 10.4 Å². The maximum atomic E-state index is 13.0. The van der Waals surface area contributed by atoms with E-state index < -0.39 is 16.9 Å². The topological polar surface area (TPSA) is 26.3 Å². The molecule has 2 nitrogen and oxygen atoms in total. The molecule has 0 amide bonds. The summed E-state index contributed by atoms with van der Waals surface area (Å²) in [6.07, 6.45) is 0. The van der Waals surface area contributed by atoms with Gasteiger partial charge in [0, 0.05) is 0 Å². The minimum Gasteiger partial charge on any atom is -0.423 e. The summed E-state index contributed by atoms with van der Waals surface area (Å²) in [5, 5.41) is 0. The van der Waals surface area contributed by atoms with E-state index in [1.807, 2.05) is 48.5 Å². The molecule has 0 aliphatic carbocycles. The average molecular weight is 402 g/mol. The second-order valence-electron chi connectivity index (χ2n) is 6.40. The van der Waals surface area contributed by atoms with E-state index in [9.17, 15) is 9.18 Å². The number of ether oxygens (including phenoxy) is 1. The van der Waals surface area contributed by atoms with Gasteiger partial charge in [0.15, 0.2) is 0 Å². The number of benzene rings is 4. The first-order chi connectivity index (χ1) is 14.2. The Morgan fingerprint density at radius 3 is 1.62 bits per heavy atom. The number of carbonyl (C=O) groups is 1. The number of hydrogen-bond acceptors (Lipinski definition) is 2. The van der Waals surface area contributed by atoms with Gasteiger partial charge < -0.3 is 4.74 Å². The number of halogens is 1. The molecule has 0 N–H and O–H groups in total. The Morgan fingerprint density at radius 2 is 1.10 bits per heavy atom. The van der Waals surface area contributed by atoms with Crippen molar-refractivity contribution in [1.82, 2.24) is 0 Å². The number of thiol groups is 1. The maximum absolute atomic E-state index is 13.0. The molecular formula is C25H19FO2S. The van der Waals surface area contributed by atoms with Crippen LogP contribution >= 0.6 is 10.9 Å². The van der Waals surface area contributed by atoms with E-state index in [0.29, 0.717) is 11.3 Å². The van der Waals surface area contributed by atoms with E-state index >= 15 is 0 Å². The number of hydrogen-bond donors (Lipinski definition) is 1. The number of rotatable bonds is 5. The first-order valence-electron chi connectivity index (χ1n) is 9.19. The minimum absolute atomic E-state index is 0.311. The van der Waals surface area contributed by atoms with Crippen molar-refractivity contribution in [3.63, 3.8) is 0 Å². The molecule has 29 heavy (non-hydrogen) atoms. The molecule has 4 aromatic carbocycles. The molecule has 0 bridgehead atoms. The Hall–Kier alpha value is -3.37. The van der Waals surface area contributed by atoms with Crippen LogP contribution in [0.15, 0.2) is 124 Å². The van der Waals surface area contributed by atoms with Crippen LogP contribution in [0.2, 0.25) is 0 Å². The molecule has 4 aromatic rings. The highest BCUT2D eigenvalue weighted by molar-refractivity contribution is 8.17. The molecule has 0 aliphatic rings. The molecular weight excluding hydrogens is 383 g/mol. The highest BCUT2D eigenvalue weighted by atomic mass is 32.2. The molecule has 4 heteroatoms. The van der Waals surface area contributed by atoms with Crippen LogP contribution in [0, 0.1) is 5.82 Å². The van der Waals surface area contributed by atoms with Crippen molar-refractivity contribution in [2.45, 2.75) is 14.7 Å². The third kappa shape index (κ3) is 4.55. The maximum Gasteiger partial charge on any atom is 0.343 e. The minimum atomic E-state index is -0.708. The van der Waals surface area contributed by atoms with Crippen LogP contribution in [-0.4, -0.2) is 5.97 Å². The molecule has 0 atom stereocenters. The molecule has 0 radical (unpaired) electrons. The first-order valence-corrected chi connectivity index (χ1v) is 10.5. The Labute approximate surface area is 171 Å². The van der Waals surface area contributed by atoms with Gasteiger partial charge in [0.2, 0.25) is 0 Å². The Bertz CT molecular complexity index is 1040. The van der Waals surface area contributed by atoms with Gasteiger partial charge in [-0.3, -0.25) is 0 Å². The molecule has 0 saturated carbocycles. The lowest BCUT2D eigenvalue weighted by atomic mass is 10.2. The highest BCUT2D eigenvalue weighted by Gasteiger charge is 2.13. The number of esters is 1. The quantitative estimate of drug-likeness (QED) is 0.234. The molecule has 144 valence electrons. The molecule has 0 aliphatic heterocycles. The monoisotopic (exact) mass is 402 g/mol. The van der Waals surface area contributed by atoms with E-state index in [1.165, 1.54) is 39.0 Å². The Balaban J connectivity index is 1.59. The Kier molecular flexibility index (Phi) is 5.73. The Morgan fingerprint density at radius 1 is 0.621 bits per heavy atom. The summed E-state index contributed by atoms with van der Waals surface area (Å²) in [6, 6.07) is 33.7. The fraction of sp³-hybridized carbons (Fsp3) is 0. The van der Waals surface area contributed by atoms with E-state index in [1.54, 1.807) is 12.1 Å². The highest BCUT2D eigenvalue weighted by Crippen LogP contribution is 2.51. The van der Waals surface area contributed by atoms with E-state index in [4.69, 9.17) is 4.74 Å². The molecule has 0 spiro atoms. The van der Waals surface area contributed by atoms with Crippen molar-refractivity contribution in [1.29, 1.82) is 0 Å². The second-order valence-corrected chi connectivity index (χ2v) is 8.62. The van der Waals surface area contributed by atoms with Crippen molar-refractivity contribution >= 4 is 16.9 Å². The summed E-state index contributed by atoms with van der Waals surface area (Å²) in [6.45, 7) is 0. The summed E-state index contributed by atoms with van der Waals surface area (Å²) in [4.78, 5) is 15.9. The van der Waals surface area contributed by atoms with Crippen LogP contribution in [0.5, 0.6) is 5.75 Å². The van der Waals surface area contributed by atoms with Crippen molar-refractivity contribution in [3.05, 3.63) is 121 Å². The first kappa shape index (κ1) is 19.0. The van der Waals surface area contributed by atoms with Gasteiger partial charge in [-0.05, 0) is 87.5 Å². The SMILES string of the molecule is O=C(Oc1ccc([SH](c2ccccc2)c2ccccc2)cc1)c1ccc(F)cc1. The summed E-state index contributed by atoms with van der Waals surface area (Å²) in [5.74, 6) is -0.439. The van der Waals surface area contributed by atoms with E-state index in [2.05, 4.69) is 24.3 Å². The lowest BCUT2D eigenvalue weighted by molar-refractivity contribution is 0.0734. The van der Waals surface area contributed by atoms with Crippen molar-refractivity contribution in [2.24, 2.45) is 0 Å². The largest absolute Gasteiger partial charge is 0.423 e. The van der Waals surface area contributed by atoms with Gasteiger partial charge in [-0.2, -0.15) is 10.9 Å². The summed E-state index contributed by atoms with van der Waals surface area (Å²) in [7, 11) is -0.708. The zero-order valence-electron chi connectivity index (χ0n) is 15.5. The molecule has 0 unspecified atom stereocenters. The average Bonchev–Trinajstić information content (AvgIpc) is 2.77. The van der Waals surface area contributed by atoms with Crippen LogP contribution in [-0.2, 0) is 0 Å². The van der Waals surface area contributed by atoms with Gasteiger partial charge in [0.1, 0.15) is 11.6 Å². The molecule has 0 fully saturated rings. The number of carbonyl (C=O) groups excluding carboxylic acids is 1. The molecule has 0 aromatic heterocycles. The fourth-order valence-corrected chi connectivity index (χ4v) is 5.30. The van der Waals surface area contributed by atoms with Crippen molar-refractivity contribution in [2.75, 3.05) is 0 Å². The lowest BCUT2D eigenvalue weighted by Crippen LogP contribution is -2.08. The predicted molar refractivity (Wildman–Crippen MR) is 114 cm³/mol. The van der Waals surface area contributed by atoms with Crippen LogP contribution in [0.4, 0.5) is 4.39 Å². The van der Waals surface area contributed by atoms with E-state index in [0.717, 1.165) is 0 Å². The standard InChI is InChI=1S/C25H19FO2S/c26-20-13-11-19(12-14-20)25(27)28-21-15-17-24(18-16-21)29(22-7-3-1-4-8-22)23-9-5-2-6-10-23/h1-18,29H. The van der Waals surface area contributed by atoms with Gasteiger partial charge >= 0.3 is 5.97 Å². The van der Waals surface area contributed by atoms with Crippen molar-refractivity contribution in [3.8, 4) is 5.75 Å². The van der Waals surface area contributed by atoms with Crippen molar-refractivity contribution < 1.29 is 13.9 Å². The van der Waals surface area contributed by atoms with E-state index in [-0.39, 0.29) is 5.82 Å². The molecule has 0 heterocycles. The second kappa shape index (κ2) is 8.76. The summed E-state index contributed by atoms with van der Waals surface area (Å²) < 4.78 is 18.5. The fourth-order valence-electron chi connectivity index (χ4n) is 3.02. The third-order valence-corrected chi connectivity index (χ3v) is 6.86. The molecule has 0 saturated heterocycles. The van der Waals surface area contributed by atoms with Gasteiger partial charge in [-0.15, -0.1) is 0 Å². The normalized spacial score (nSPS) is 11.0. The van der Waals surface area contributed by atoms with Gasteiger partial charge in [-0.25, -0.2) is 9.18 Å². The van der Waals surface area contributed by atoms with Gasteiger partial charge in [-0.1, -0.05) is 36.4 Å². The molecule has 4 rings (SSSR count). The smallest absolute Gasteiger partial charge is 0.343 e. The summed E-state index contributed by atoms with van der Waals surface area (Å²) >= 11 is 0. The van der Waals surface area contributed by atoms with Crippen LogP contribution in [0.3, 0.4) is 0 Å². The van der Waals surface area contributed by atoms with Gasteiger partial charge in [0.25, 0.3) is 0 Å². The third-order valence-electron chi connectivity index (χ3n) is 4.41. The lowest BCUT2D eigenvalue weighted by Gasteiger charge is -2.23. The predicted octanol–water partition coefficient (Wildman–Crippen LogP) is 6.52.